The van der Waals surface area contributed by atoms with E-state index in [9.17, 15) is 4.79 Å². The van der Waals surface area contributed by atoms with E-state index in [0.29, 0.717) is 12.3 Å². The molecule has 0 spiro atoms. The second-order valence-electron chi connectivity index (χ2n) is 5.19. The minimum atomic E-state index is -0.692. The van der Waals surface area contributed by atoms with Gasteiger partial charge in [0, 0.05) is 5.54 Å². The molecule has 0 saturated heterocycles. The molecule has 84 valence electrons. The van der Waals surface area contributed by atoms with Gasteiger partial charge in [-0.25, -0.2) is 0 Å². The van der Waals surface area contributed by atoms with E-state index in [2.05, 4.69) is 0 Å². The molecular weight excluding hydrogens is 178 g/mol. The van der Waals surface area contributed by atoms with E-state index >= 15 is 0 Å². The molecule has 0 rings (SSSR count). The first-order chi connectivity index (χ1) is 6.22. The first-order valence-corrected chi connectivity index (χ1v) is 5.24. The highest BCUT2D eigenvalue weighted by Crippen LogP contribution is 2.20. The van der Waals surface area contributed by atoms with E-state index in [1.54, 1.807) is 0 Å². The Morgan fingerprint density at radius 3 is 2.21 bits per heavy atom. The summed E-state index contributed by atoms with van der Waals surface area (Å²) in [5.74, 6) is -0.502. The number of aliphatic carboxylic acids is 1. The maximum absolute atomic E-state index is 10.9. The Hall–Kier alpha value is -0.570. The van der Waals surface area contributed by atoms with E-state index in [0.717, 1.165) is 12.8 Å². The molecule has 0 aliphatic carbocycles. The third-order valence-corrected chi connectivity index (χ3v) is 2.24. The van der Waals surface area contributed by atoms with Gasteiger partial charge in [0.2, 0.25) is 0 Å². The monoisotopic (exact) mass is 201 g/mol. The average molecular weight is 201 g/mol. The molecule has 0 fully saturated rings. The van der Waals surface area contributed by atoms with E-state index in [1.165, 1.54) is 0 Å². The number of rotatable bonds is 6. The zero-order valence-corrected chi connectivity index (χ0v) is 9.71. The summed E-state index contributed by atoms with van der Waals surface area (Å²) >= 11 is 0. The molecule has 1 atom stereocenters. The van der Waals surface area contributed by atoms with Crippen LogP contribution in [0.5, 0.6) is 0 Å². The lowest BCUT2D eigenvalue weighted by molar-refractivity contribution is -0.142. The molecule has 14 heavy (non-hydrogen) atoms. The smallest absolute Gasteiger partial charge is 0.306 e. The Bertz CT molecular complexity index is 182. The van der Waals surface area contributed by atoms with E-state index in [-0.39, 0.29) is 11.5 Å². The van der Waals surface area contributed by atoms with Crippen LogP contribution in [0.1, 0.15) is 47.0 Å². The topological polar surface area (TPSA) is 63.3 Å². The molecule has 0 amide bonds. The fourth-order valence-corrected chi connectivity index (χ4v) is 1.46. The van der Waals surface area contributed by atoms with E-state index in [1.807, 2.05) is 27.7 Å². The Balaban J connectivity index is 4.05. The Morgan fingerprint density at radius 2 is 1.93 bits per heavy atom. The van der Waals surface area contributed by atoms with Gasteiger partial charge in [0.15, 0.2) is 0 Å². The molecule has 0 aliphatic rings. The fourth-order valence-electron chi connectivity index (χ4n) is 1.46. The maximum atomic E-state index is 10.9. The van der Waals surface area contributed by atoms with Crippen LogP contribution in [0.4, 0.5) is 0 Å². The highest BCUT2D eigenvalue weighted by molar-refractivity contribution is 5.69. The molecule has 0 radical (unpaired) electrons. The predicted molar refractivity (Wildman–Crippen MR) is 58.1 cm³/mol. The average Bonchev–Trinajstić information content (AvgIpc) is 1.94. The van der Waals surface area contributed by atoms with Gasteiger partial charge < -0.3 is 10.8 Å². The molecule has 1 unspecified atom stereocenters. The summed E-state index contributed by atoms with van der Waals surface area (Å²) in [6.07, 6.45) is 2.18. The molecule has 3 N–H and O–H groups in total. The Morgan fingerprint density at radius 1 is 1.43 bits per heavy atom. The number of nitrogens with two attached hydrogens (primary N) is 1. The van der Waals surface area contributed by atoms with Crippen LogP contribution in [0.15, 0.2) is 0 Å². The summed E-state index contributed by atoms with van der Waals surface area (Å²) < 4.78 is 0. The van der Waals surface area contributed by atoms with Crippen molar-refractivity contribution in [1.29, 1.82) is 0 Å². The van der Waals surface area contributed by atoms with Gasteiger partial charge in [-0.3, -0.25) is 4.79 Å². The standard InChI is InChI=1S/C11H23NO2/c1-8(2)7-9(10(13)14)5-6-11(3,4)12/h8-9H,5-7,12H2,1-4H3,(H,13,14). The van der Waals surface area contributed by atoms with Crippen molar-refractivity contribution in [3.8, 4) is 0 Å². The Labute approximate surface area is 86.7 Å². The van der Waals surface area contributed by atoms with E-state index < -0.39 is 5.97 Å². The number of carboxylic acid groups (broad SMARTS) is 1. The normalized spacial score (nSPS) is 14.4. The summed E-state index contributed by atoms with van der Waals surface area (Å²) in [7, 11) is 0. The second kappa shape index (κ2) is 5.35. The van der Waals surface area contributed by atoms with Crippen molar-refractivity contribution in [3.05, 3.63) is 0 Å². The number of hydrogen-bond acceptors (Lipinski definition) is 2. The third-order valence-electron chi connectivity index (χ3n) is 2.24. The lowest BCUT2D eigenvalue weighted by Crippen LogP contribution is -2.33. The molecule has 0 aromatic heterocycles. The van der Waals surface area contributed by atoms with Crippen molar-refractivity contribution in [2.75, 3.05) is 0 Å². The van der Waals surface area contributed by atoms with Crippen molar-refractivity contribution >= 4 is 5.97 Å². The summed E-state index contributed by atoms with van der Waals surface area (Å²) in [5.41, 5.74) is 5.56. The van der Waals surface area contributed by atoms with Crippen LogP contribution < -0.4 is 5.73 Å². The van der Waals surface area contributed by atoms with Crippen molar-refractivity contribution in [1.82, 2.24) is 0 Å². The minimum absolute atomic E-state index is 0.238. The van der Waals surface area contributed by atoms with Crippen LogP contribution in [-0.2, 0) is 4.79 Å². The molecule has 0 bridgehead atoms. The van der Waals surface area contributed by atoms with Crippen LogP contribution in [-0.4, -0.2) is 16.6 Å². The number of carbonyl (C=O) groups is 1. The number of hydrogen-bond donors (Lipinski definition) is 2. The van der Waals surface area contributed by atoms with Gasteiger partial charge in [-0.2, -0.15) is 0 Å². The van der Waals surface area contributed by atoms with Gasteiger partial charge in [-0.15, -0.1) is 0 Å². The SMILES string of the molecule is CC(C)CC(CCC(C)(C)N)C(=O)O. The minimum Gasteiger partial charge on any atom is -0.481 e. The summed E-state index contributed by atoms with van der Waals surface area (Å²) in [6.45, 7) is 7.95. The summed E-state index contributed by atoms with van der Waals surface area (Å²) in [6, 6.07) is 0. The first kappa shape index (κ1) is 13.4. The first-order valence-electron chi connectivity index (χ1n) is 5.24. The molecule has 3 nitrogen and oxygen atoms in total. The van der Waals surface area contributed by atoms with Gasteiger partial charge in [0.05, 0.1) is 5.92 Å². The Kier molecular flexibility index (Phi) is 5.13. The van der Waals surface area contributed by atoms with Crippen LogP contribution in [0.2, 0.25) is 0 Å². The largest absolute Gasteiger partial charge is 0.481 e. The lowest BCUT2D eigenvalue weighted by atomic mass is 9.88. The van der Waals surface area contributed by atoms with Gasteiger partial charge >= 0.3 is 5.97 Å². The quantitative estimate of drug-likeness (QED) is 0.692. The zero-order chi connectivity index (χ0) is 11.4. The van der Waals surface area contributed by atoms with Gasteiger partial charge in [-0.1, -0.05) is 13.8 Å². The molecule has 0 aliphatic heterocycles. The van der Waals surface area contributed by atoms with Crippen molar-refractivity contribution in [2.24, 2.45) is 17.6 Å². The van der Waals surface area contributed by atoms with Gasteiger partial charge in [0.25, 0.3) is 0 Å². The molecule has 0 aromatic carbocycles. The van der Waals surface area contributed by atoms with Crippen molar-refractivity contribution < 1.29 is 9.90 Å². The predicted octanol–water partition coefficient (Wildman–Crippen LogP) is 2.25. The molecule has 0 saturated carbocycles. The van der Waals surface area contributed by atoms with Crippen molar-refractivity contribution in [3.63, 3.8) is 0 Å². The van der Waals surface area contributed by atoms with Gasteiger partial charge in [-0.05, 0) is 39.0 Å². The van der Waals surface area contributed by atoms with Gasteiger partial charge in [0.1, 0.15) is 0 Å². The number of carboxylic acids is 1. The van der Waals surface area contributed by atoms with Crippen LogP contribution in [0, 0.1) is 11.8 Å². The van der Waals surface area contributed by atoms with Crippen LogP contribution >= 0.6 is 0 Å². The maximum Gasteiger partial charge on any atom is 0.306 e. The molecule has 3 heteroatoms. The zero-order valence-electron chi connectivity index (χ0n) is 9.71. The highest BCUT2D eigenvalue weighted by atomic mass is 16.4. The second-order valence-corrected chi connectivity index (χ2v) is 5.19. The summed E-state index contributed by atoms with van der Waals surface area (Å²) in [5, 5.41) is 8.98. The molecule has 0 heterocycles. The third kappa shape index (κ3) is 6.89. The van der Waals surface area contributed by atoms with Crippen LogP contribution in [0.25, 0.3) is 0 Å². The summed E-state index contributed by atoms with van der Waals surface area (Å²) in [4.78, 5) is 10.9. The highest BCUT2D eigenvalue weighted by Gasteiger charge is 2.21. The molecular formula is C11H23NO2. The fraction of sp³-hybridized carbons (Fsp3) is 0.909. The van der Waals surface area contributed by atoms with Crippen LogP contribution in [0.3, 0.4) is 0 Å². The molecule has 0 aromatic rings. The van der Waals surface area contributed by atoms with Crippen molar-refractivity contribution in [2.45, 2.75) is 52.5 Å². The lowest BCUT2D eigenvalue weighted by Gasteiger charge is -2.21. The van der Waals surface area contributed by atoms with E-state index in [4.69, 9.17) is 10.8 Å².